The minimum atomic E-state index is -0.262. The van der Waals surface area contributed by atoms with Crippen molar-refractivity contribution in [3.8, 4) is 0 Å². The van der Waals surface area contributed by atoms with Crippen LogP contribution >= 0.6 is 23.2 Å². The maximum Gasteiger partial charge on any atom is 0.271 e. The number of carbonyl (C=O) groups is 1. The number of hydrogen-bond donors (Lipinski definition) is 1. The zero-order valence-electron chi connectivity index (χ0n) is 13.2. The fourth-order valence-corrected chi connectivity index (χ4v) is 2.25. The normalized spacial score (nSPS) is 11.7. The number of benzene rings is 2. The number of nitrogens with zero attached hydrogens (tertiary/aromatic N) is 1. The molecule has 0 fully saturated rings. The summed E-state index contributed by atoms with van der Waals surface area (Å²) in [5, 5.41) is 4.86. The Labute approximate surface area is 146 Å². The second-order valence-corrected chi connectivity index (χ2v) is 7.01. The van der Waals surface area contributed by atoms with Crippen LogP contribution in [-0.2, 0) is 5.41 Å². The lowest BCUT2D eigenvalue weighted by Crippen LogP contribution is -2.18. The molecule has 5 heteroatoms. The Morgan fingerprint density at radius 2 is 1.70 bits per heavy atom. The van der Waals surface area contributed by atoms with E-state index in [4.69, 9.17) is 23.2 Å². The van der Waals surface area contributed by atoms with Gasteiger partial charge in [0, 0.05) is 5.56 Å². The van der Waals surface area contributed by atoms with Gasteiger partial charge in [0.25, 0.3) is 5.91 Å². The van der Waals surface area contributed by atoms with Gasteiger partial charge in [-0.25, -0.2) is 5.43 Å². The van der Waals surface area contributed by atoms with Gasteiger partial charge in [0.1, 0.15) is 0 Å². The fourth-order valence-electron chi connectivity index (χ4n) is 1.94. The second kappa shape index (κ2) is 7.16. The maximum absolute atomic E-state index is 12.0. The quantitative estimate of drug-likeness (QED) is 0.611. The van der Waals surface area contributed by atoms with E-state index >= 15 is 0 Å². The summed E-state index contributed by atoms with van der Waals surface area (Å²) >= 11 is 11.8. The molecule has 2 aromatic carbocycles. The molecule has 0 saturated carbocycles. The third kappa shape index (κ3) is 4.81. The van der Waals surface area contributed by atoms with Gasteiger partial charge in [-0.2, -0.15) is 5.10 Å². The van der Waals surface area contributed by atoms with Crippen LogP contribution in [0.3, 0.4) is 0 Å². The summed E-state index contributed by atoms with van der Waals surface area (Å²) in [5.74, 6) is -0.262. The van der Waals surface area contributed by atoms with E-state index in [0.29, 0.717) is 15.6 Å². The Hall–Kier alpha value is -1.84. The largest absolute Gasteiger partial charge is 0.271 e. The molecule has 2 aromatic rings. The van der Waals surface area contributed by atoms with E-state index in [1.165, 1.54) is 11.8 Å². The summed E-state index contributed by atoms with van der Waals surface area (Å²) in [7, 11) is 0. The molecule has 0 radical (unpaired) electrons. The molecule has 0 saturated heterocycles. The summed E-state index contributed by atoms with van der Waals surface area (Å²) in [6.45, 7) is 6.39. The first-order valence-corrected chi connectivity index (χ1v) is 7.92. The second-order valence-electron chi connectivity index (χ2n) is 6.20. The smallest absolute Gasteiger partial charge is 0.267 e. The van der Waals surface area contributed by atoms with Crippen molar-refractivity contribution in [1.82, 2.24) is 5.43 Å². The van der Waals surface area contributed by atoms with Crippen LogP contribution in [0.4, 0.5) is 0 Å². The molecule has 1 amide bonds. The molecule has 23 heavy (non-hydrogen) atoms. The van der Waals surface area contributed by atoms with Gasteiger partial charge < -0.3 is 0 Å². The van der Waals surface area contributed by atoms with E-state index in [-0.39, 0.29) is 11.3 Å². The molecule has 0 unspecified atom stereocenters. The van der Waals surface area contributed by atoms with Gasteiger partial charge in [0.15, 0.2) is 0 Å². The molecule has 0 aliphatic heterocycles. The predicted octanol–water partition coefficient (Wildman–Crippen LogP) is 5.05. The molecule has 0 spiro atoms. The highest BCUT2D eigenvalue weighted by Crippen LogP contribution is 2.22. The van der Waals surface area contributed by atoms with Gasteiger partial charge in [-0.05, 0) is 40.8 Å². The van der Waals surface area contributed by atoms with Crippen LogP contribution in [0.15, 0.2) is 47.6 Å². The number of rotatable bonds is 3. The molecule has 0 heterocycles. The Morgan fingerprint density at radius 1 is 1.04 bits per heavy atom. The highest BCUT2D eigenvalue weighted by atomic mass is 35.5. The standard InChI is InChI=1S/C18H18Cl2N2O/c1-18(2,3)14-7-5-13(6-8-14)17(23)22-21-11-12-4-9-15(19)16(20)10-12/h4-11H,1-3H3,(H,22,23)/b21-11+. The van der Waals surface area contributed by atoms with E-state index in [0.717, 1.165) is 5.56 Å². The van der Waals surface area contributed by atoms with Gasteiger partial charge in [-0.3, -0.25) is 4.79 Å². The van der Waals surface area contributed by atoms with E-state index in [1.807, 2.05) is 12.1 Å². The van der Waals surface area contributed by atoms with Crippen LogP contribution in [-0.4, -0.2) is 12.1 Å². The maximum atomic E-state index is 12.0. The Morgan fingerprint density at radius 3 is 2.26 bits per heavy atom. The van der Waals surface area contributed by atoms with Crippen molar-refractivity contribution in [2.24, 2.45) is 5.10 Å². The third-order valence-corrected chi connectivity index (χ3v) is 4.08. The Bertz CT molecular complexity index is 732. The molecular formula is C18H18Cl2N2O. The van der Waals surface area contributed by atoms with E-state index < -0.39 is 0 Å². The van der Waals surface area contributed by atoms with Crippen molar-refractivity contribution >= 4 is 35.3 Å². The molecule has 120 valence electrons. The summed E-state index contributed by atoms with van der Waals surface area (Å²) in [4.78, 5) is 12.0. The van der Waals surface area contributed by atoms with Gasteiger partial charge in [0.05, 0.1) is 16.3 Å². The average Bonchev–Trinajstić information content (AvgIpc) is 2.50. The van der Waals surface area contributed by atoms with Crippen LogP contribution in [0.25, 0.3) is 0 Å². The highest BCUT2D eigenvalue weighted by molar-refractivity contribution is 6.42. The van der Waals surface area contributed by atoms with Gasteiger partial charge in [-0.15, -0.1) is 0 Å². The SMILES string of the molecule is CC(C)(C)c1ccc(C(=O)N/N=C/c2ccc(Cl)c(Cl)c2)cc1. The molecular weight excluding hydrogens is 331 g/mol. The van der Waals surface area contributed by atoms with Crippen molar-refractivity contribution in [3.63, 3.8) is 0 Å². The zero-order valence-corrected chi connectivity index (χ0v) is 14.7. The molecule has 2 rings (SSSR count). The summed E-state index contributed by atoms with van der Waals surface area (Å²) in [6.07, 6.45) is 1.52. The third-order valence-electron chi connectivity index (χ3n) is 3.34. The summed E-state index contributed by atoms with van der Waals surface area (Å²) < 4.78 is 0. The molecule has 0 atom stereocenters. The van der Waals surface area contributed by atoms with Crippen molar-refractivity contribution < 1.29 is 4.79 Å². The van der Waals surface area contributed by atoms with E-state index in [1.54, 1.807) is 30.3 Å². The number of carbonyl (C=O) groups excluding carboxylic acids is 1. The number of nitrogens with one attached hydrogen (secondary N) is 1. The monoisotopic (exact) mass is 348 g/mol. The van der Waals surface area contributed by atoms with Crippen molar-refractivity contribution in [2.45, 2.75) is 26.2 Å². The predicted molar refractivity (Wildman–Crippen MR) is 96.7 cm³/mol. The minimum Gasteiger partial charge on any atom is -0.267 e. The van der Waals surface area contributed by atoms with Gasteiger partial charge >= 0.3 is 0 Å². The first-order chi connectivity index (χ1) is 10.8. The Kier molecular flexibility index (Phi) is 5.45. The van der Waals surface area contributed by atoms with Crippen LogP contribution in [0.1, 0.15) is 42.3 Å². The first-order valence-electron chi connectivity index (χ1n) is 7.16. The molecule has 1 N–H and O–H groups in total. The van der Waals surface area contributed by atoms with Gasteiger partial charge in [0.2, 0.25) is 0 Å². The summed E-state index contributed by atoms with van der Waals surface area (Å²) in [6, 6.07) is 12.6. The minimum absolute atomic E-state index is 0.0566. The molecule has 3 nitrogen and oxygen atoms in total. The molecule has 0 aromatic heterocycles. The molecule has 0 aliphatic rings. The van der Waals surface area contributed by atoms with Crippen LogP contribution in [0.2, 0.25) is 10.0 Å². The van der Waals surface area contributed by atoms with Crippen LogP contribution in [0, 0.1) is 0 Å². The lowest BCUT2D eigenvalue weighted by molar-refractivity contribution is 0.0955. The first kappa shape index (κ1) is 17.5. The summed E-state index contributed by atoms with van der Waals surface area (Å²) in [5.41, 5.74) is 5.04. The Balaban J connectivity index is 2.01. The van der Waals surface area contributed by atoms with Crippen molar-refractivity contribution in [1.29, 1.82) is 0 Å². The van der Waals surface area contributed by atoms with Crippen molar-refractivity contribution in [3.05, 3.63) is 69.2 Å². The van der Waals surface area contributed by atoms with Crippen molar-refractivity contribution in [2.75, 3.05) is 0 Å². The molecule has 0 bridgehead atoms. The number of halogens is 2. The zero-order chi connectivity index (χ0) is 17.0. The van der Waals surface area contributed by atoms with E-state index in [9.17, 15) is 4.79 Å². The number of hydrazone groups is 1. The highest BCUT2D eigenvalue weighted by Gasteiger charge is 2.14. The fraction of sp³-hybridized carbons (Fsp3) is 0.222. The van der Waals surface area contributed by atoms with Crippen LogP contribution in [0.5, 0.6) is 0 Å². The lowest BCUT2D eigenvalue weighted by atomic mass is 9.87. The number of amides is 1. The molecule has 0 aliphatic carbocycles. The average molecular weight is 349 g/mol. The van der Waals surface area contributed by atoms with Gasteiger partial charge in [-0.1, -0.05) is 62.2 Å². The van der Waals surface area contributed by atoms with E-state index in [2.05, 4.69) is 31.3 Å². The topological polar surface area (TPSA) is 41.5 Å². The van der Waals surface area contributed by atoms with Crippen LogP contribution < -0.4 is 5.43 Å². The lowest BCUT2D eigenvalue weighted by Gasteiger charge is -2.18. The number of hydrogen-bond acceptors (Lipinski definition) is 2.